The summed E-state index contributed by atoms with van der Waals surface area (Å²) in [6, 6.07) is 1.74. The first-order valence-corrected chi connectivity index (χ1v) is 9.97. The zero-order valence-corrected chi connectivity index (χ0v) is 16.1. The number of hydrogen-bond donors (Lipinski definition) is 1. The van der Waals surface area contributed by atoms with Gasteiger partial charge in [-0.2, -0.15) is 5.10 Å². The molecule has 26 heavy (non-hydrogen) atoms. The number of rotatable bonds is 6. The monoisotopic (exact) mass is 375 g/mol. The largest absolute Gasteiger partial charge is 0.372 e. The van der Waals surface area contributed by atoms with Crippen LogP contribution in [-0.4, -0.2) is 57.4 Å². The van der Waals surface area contributed by atoms with E-state index in [4.69, 9.17) is 4.74 Å². The molecule has 2 aromatic rings. The van der Waals surface area contributed by atoms with E-state index in [0.717, 1.165) is 49.8 Å². The number of likely N-dealkylation sites (tertiary alicyclic amines) is 1. The van der Waals surface area contributed by atoms with E-state index in [1.54, 1.807) is 35.3 Å². The molecule has 2 fully saturated rings. The van der Waals surface area contributed by atoms with E-state index in [1.165, 1.54) is 0 Å². The standard InChI is InChI=1S/C18H25N5O2S/c1-13-21-15(10-26-13)9-23-11-18(12-23)14(5-8-25-18)3-6-19-17(24)16-4-7-20-22(16)2/h4,7,10,14H,3,5-6,8-9,11-12H2,1-2H3,(H,19,24)/t14-/m1/s1. The first kappa shape index (κ1) is 17.6. The van der Waals surface area contributed by atoms with Crippen LogP contribution in [0.1, 0.15) is 34.0 Å². The van der Waals surface area contributed by atoms with Crippen molar-refractivity contribution in [2.24, 2.45) is 13.0 Å². The molecule has 1 atom stereocenters. The molecule has 4 rings (SSSR count). The van der Waals surface area contributed by atoms with Crippen LogP contribution >= 0.6 is 11.3 Å². The highest BCUT2D eigenvalue weighted by Gasteiger charge is 2.52. The Balaban J connectivity index is 1.25. The number of carbonyl (C=O) groups is 1. The Morgan fingerprint density at radius 1 is 1.50 bits per heavy atom. The van der Waals surface area contributed by atoms with Gasteiger partial charge in [0.15, 0.2) is 0 Å². The van der Waals surface area contributed by atoms with Crippen molar-refractivity contribution in [1.29, 1.82) is 0 Å². The summed E-state index contributed by atoms with van der Waals surface area (Å²) >= 11 is 1.70. The molecule has 1 N–H and O–H groups in total. The van der Waals surface area contributed by atoms with Gasteiger partial charge in [-0.25, -0.2) is 4.98 Å². The SMILES string of the molecule is Cc1nc(CN2CC3(C2)OCC[C@H]3CCNC(=O)c2ccnn2C)cs1. The van der Waals surface area contributed by atoms with E-state index in [2.05, 4.69) is 25.7 Å². The van der Waals surface area contributed by atoms with Crippen LogP contribution in [0.3, 0.4) is 0 Å². The lowest BCUT2D eigenvalue weighted by molar-refractivity contribution is -0.137. The molecule has 8 heteroatoms. The van der Waals surface area contributed by atoms with Gasteiger partial charge < -0.3 is 10.1 Å². The summed E-state index contributed by atoms with van der Waals surface area (Å²) in [5.41, 5.74) is 1.72. The minimum Gasteiger partial charge on any atom is -0.372 e. The number of aryl methyl sites for hydroxylation is 2. The number of nitrogens with one attached hydrogen (secondary N) is 1. The summed E-state index contributed by atoms with van der Waals surface area (Å²) in [4.78, 5) is 19.1. The molecule has 2 aromatic heterocycles. The van der Waals surface area contributed by atoms with Crippen molar-refractivity contribution < 1.29 is 9.53 Å². The molecule has 0 aromatic carbocycles. The molecule has 0 aliphatic carbocycles. The lowest BCUT2D eigenvalue weighted by Crippen LogP contribution is -2.64. The van der Waals surface area contributed by atoms with Gasteiger partial charge >= 0.3 is 0 Å². The smallest absolute Gasteiger partial charge is 0.269 e. The van der Waals surface area contributed by atoms with Crippen LogP contribution in [0.4, 0.5) is 0 Å². The highest BCUT2D eigenvalue weighted by molar-refractivity contribution is 7.09. The van der Waals surface area contributed by atoms with Crippen LogP contribution in [-0.2, 0) is 18.3 Å². The van der Waals surface area contributed by atoms with Gasteiger partial charge in [0.1, 0.15) is 5.69 Å². The molecule has 2 aliphatic rings. The van der Waals surface area contributed by atoms with Crippen LogP contribution in [0.25, 0.3) is 0 Å². The molecule has 0 saturated carbocycles. The zero-order chi connectivity index (χ0) is 18.1. The third-order valence-corrected chi connectivity index (χ3v) is 6.29. The van der Waals surface area contributed by atoms with Gasteiger partial charge in [0, 0.05) is 51.4 Å². The Hall–Kier alpha value is -1.77. The molecule has 0 radical (unpaired) electrons. The van der Waals surface area contributed by atoms with Crippen molar-refractivity contribution in [1.82, 2.24) is 25.0 Å². The van der Waals surface area contributed by atoms with Crippen LogP contribution in [0.2, 0.25) is 0 Å². The molecular formula is C18H25N5O2S. The van der Waals surface area contributed by atoms with Crippen molar-refractivity contribution in [3.05, 3.63) is 34.0 Å². The van der Waals surface area contributed by atoms with Gasteiger partial charge in [-0.15, -0.1) is 11.3 Å². The normalized spacial score (nSPS) is 21.8. The third kappa shape index (κ3) is 3.41. The van der Waals surface area contributed by atoms with E-state index in [9.17, 15) is 4.79 Å². The van der Waals surface area contributed by atoms with Gasteiger partial charge in [0.2, 0.25) is 0 Å². The molecule has 2 saturated heterocycles. The van der Waals surface area contributed by atoms with Crippen LogP contribution in [0, 0.1) is 12.8 Å². The Morgan fingerprint density at radius 2 is 2.35 bits per heavy atom. The van der Waals surface area contributed by atoms with Crippen molar-refractivity contribution >= 4 is 17.2 Å². The lowest BCUT2D eigenvalue weighted by atomic mass is 9.79. The van der Waals surface area contributed by atoms with Crippen molar-refractivity contribution in [2.45, 2.75) is 31.9 Å². The van der Waals surface area contributed by atoms with Gasteiger partial charge in [0.25, 0.3) is 5.91 Å². The van der Waals surface area contributed by atoms with Crippen molar-refractivity contribution in [3.8, 4) is 0 Å². The van der Waals surface area contributed by atoms with Crippen LogP contribution < -0.4 is 5.32 Å². The highest BCUT2D eigenvalue weighted by Crippen LogP contribution is 2.42. The summed E-state index contributed by atoms with van der Waals surface area (Å²) in [6.07, 6.45) is 3.67. The summed E-state index contributed by atoms with van der Waals surface area (Å²) in [5, 5.41) is 10.3. The molecular weight excluding hydrogens is 350 g/mol. The predicted molar refractivity (Wildman–Crippen MR) is 99.1 cm³/mol. The highest BCUT2D eigenvalue weighted by atomic mass is 32.1. The maximum Gasteiger partial charge on any atom is 0.269 e. The second-order valence-electron chi connectivity index (χ2n) is 7.29. The molecule has 2 aliphatic heterocycles. The number of thiazole rings is 1. The molecule has 0 unspecified atom stereocenters. The first-order chi connectivity index (χ1) is 12.6. The zero-order valence-electron chi connectivity index (χ0n) is 15.3. The molecule has 0 bridgehead atoms. The summed E-state index contributed by atoms with van der Waals surface area (Å²) in [7, 11) is 1.78. The van der Waals surface area contributed by atoms with Crippen LogP contribution in [0.15, 0.2) is 17.6 Å². The molecule has 7 nitrogen and oxygen atoms in total. The minimum atomic E-state index is -0.0629. The maximum atomic E-state index is 12.2. The van der Waals surface area contributed by atoms with Crippen molar-refractivity contribution in [3.63, 3.8) is 0 Å². The number of carbonyl (C=O) groups excluding carboxylic acids is 1. The average molecular weight is 375 g/mol. The van der Waals surface area contributed by atoms with E-state index < -0.39 is 0 Å². The second kappa shape index (κ2) is 7.09. The van der Waals surface area contributed by atoms with E-state index in [-0.39, 0.29) is 11.5 Å². The summed E-state index contributed by atoms with van der Waals surface area (Å²) < 4.78 is 7.72. The maximum absolute atomic E-state index is 12.2. The quantitative estimate of drug-likeness (QED) is 0.830. The van der Waals surface area contributed by atoms with E-state index in [1.807, 2.05) is 6.92 Å². The number of aromatic nitrogens is 3. The Morgan fingerprint density at radius 3 is 3.04 bits per heavy atom. The van der Waals surface area contributed by atoms with E-state index in [0.29, 0.717) is 18.2 Å². The Labute approximate surface area is 157 Å². The first-order valence-electron chi connectivity index (χ1n) is 9.09. The third-order valence-electron chi connectivity index (χ3n) is 5.47. The fourth-order valence-corrected chi connectivity index (χ4v) is 4.73. The molecule has 1 amide bonds. The Bertz CT molecular complexity index is 780. The molecule has 4 heterocycles. The van der Waals surface area contributed by atoms with Gasteiger partial charge in [-0.3, -0.25) is 14.4 Å². The number of nitrogens with zero attached hydrogens (tertiary/aromatic N) is 4. The van der Waals surface area contributed by atoms with Crippen LogP contribution in [0.5, 0.6) is 0 Å². The second-order valence-corrected chi connectivity index (χ2v) is 8.35. The topological polar surface area (TPSA) is 72.3 Å². The predicted octanol–water partition coefficient (Wildman–Crippen LogP) is 1.60. The fraction of sp³-hybridized carbons (Fsp3) is 0.611. The van der Waals surface area contributed by atoms with Gasteiger partial charge in [-0.1, -0.05) is 0 Å². The lowest BCUT2D eigenvalue weighted by Gasteiger charge is -2.50. The molecule has 1 spiro atoms. The minimum absolute atomic E-state index is 0.0255. The number of amides is 1. The molecule has 140 valence electrons. The van der Waals surface area contributed by atoms with Crippen molar-refractivity contribution in [2.75, 3.05) is 26.2 Å². The van der Waals surface area contributed by atoms with E-state index >= 15 is 0 Å². The average Bonchev–Trinajstić information content (AvgIpc) is 3.28. The van der Waals surface area contributed by atoms with Gasteiger partial charge in [-0.05, 0) is 31.7 Å². The van der Waals surface area contributed by atoms with Gasteiger partial charge in [0.05, 0.1) is 16.3 Å². The summed E-state index contributed by atoms with van der Waals surface area (Å²) in [6.45, 7) is 6.37. The summed E-state index contributed by atoms with van der Waals surface area (Å²) in [5.74, 6) is 0.440. The number of ether oxygens (including phenoxy) is 1. The number of hydrogen-bond acceptors (Lipinski definition) is 6. The Kier molecular flexibility index (Phi) is 4.81. The fourth-order valence-electron chi connectivity index (χ4n) is 4.12.